The van der Waals surface area contributed by atoms with E-state index < -0.39 is 0 Å². The molecule has 0 aliphatic carbocycles. The van der Waals surface area contributed by atoms with Crippen molar-refractivity contribution in [1.29, 1.82) is 0 Å². The van der Waals surface area contributed by atoms with Gasteiger partial charge in [-0.15, -0.1) is 5.10 Å². The third-order valence-electron chi connectivity index (χ3n) is 3.93. The van der Waals surface area contributed by atoms with Crippen LogP contribution in [0.4, 0.5) is 4.39 Å². The van der Waals surface area contributed by atoms with Gasteiger partial charge < -0.3 is 4.74 Å². The van der Waals surface area contributed by atoms with Gasteiger partial charge >= 0.3 is 0 Å². The Hall–Kier alpha value is -3.32. The average molecular weight is 379 g/mol. The maximum absolute atomic E-state index is 13.8. The first-order valence-corrected chi connectivity index (χ1v) is 8.94. The first-order valence-electron chi connectivity index (χ1n) is 8.12. The van der Waals surface area contributed by atoms with Crippen LogP contribution in [-0.2, 0) is 0 Å². The lowest BCUT2D eigenvalue weighted by Crippen LogP contribution is -2.23. The van der Waals surface area contributed by atoms with Gasteiger partial charge in [0.1, 0.15) is 11.6 Å². The molecule has 27 heavy (non-hydrogen) atoms. The van der Waals surface area contributed by atoms with E-state index in [2.05, 4.69) is 10.1 Å². The summed E-state index contributed by atoms with van der Waals surface area (Å²) < 4.78 is 20.5. The van der Waals surface area contributed by atoms with Gasteiger partial charge in [0, 0.05) is 5.56 Å². The molecular weight excluding hydrogens is 365 g/mol. The number of benzene rings is 2. The van der Waals surface area contributed by atoms with E-state index in [0.717, 1.165) is 11.3 Å². The Kier molecular flexibility index (Phi) is 4.52. The highest BCUT2D eigenvalue weighted by atomic mass is 32.1. The summed E-state index contributed by atoms with van der Waals surface area (Å²) in [5.41, 5.74) is 1.01. The zero-order valence-corrected chi connectivity index (χ0v) is 15.1. The number of methoxy groups -OCH3 is 1. The molecule has 0 atom stereocenters. The molecule has 0 bridgehead atoms. The average Bonchev–Trinajstić information content (AvgIpc) is 3.21. The van der Waals surface area contributed by atoms with Crippen LogP contribution in [-0.4, -0.2) is 21.7 Å². The van der Waals surface area contributed by atoms with E-state index >= 15 is 0 Å². The van der Waals surface area contributed by atoms with Crippen molar-refractivity contribution in [1.82, 2.24) is 14.6 Å². The summed E-state index contributed by atoms with van der Waals surface area (Å²) in [7, 11) is 1.62. The smallest absolute Gasteiger partial charge is 0.291 e. The lowest BCUT2D eigenvalue weighted by atomic mass is 10.2. The largest absolute Gasteiger partial charge is 0.497 e. The van der Waals surface area contributed by atoms with E-state index in [0.29, 0.717) is 20.9 Å². The summed E-state index contributed by atoms with van der Waals surface area (Å²) in [4.78, 5) is 17.3. The number of hydrogen-bond acceptors (Lipinski definition) is 5. The van der Waals surface area contributed by atoms with Gasteiger partial charge in [-0.1, -0.05) is 47.7 Å². The van der Waals surface area contributed by atoms with Crippen molar-refractivity contribution in [2.45, 2.75) is 0 Å². The second-order valence-corrected chi connectivity index (χ2v) is 6.72. The van der Waals surface area contributed by atoms with Crippen LogP contribution in [0.5, 0.6) is 5.75 Å². The lowest BCUT2D eigenvalue weighted by Gasteiger charge is -1.98. The molecule has 0 saturated carbocycles. The minimum absolute atomic E-state index is 0.310. The molecule has 0 N–H and O–H groups in total. The summed E-state index contributed by atoms with van der Waals surface area (Å²) in [5.74, 6) is 0.841. The number of rotatable bonds is 4. The van der Waals surface area contributed by atoms with Crippen molar-refractivity contribution in [2.75, 3.05) is 7.11 Å². The lowest BCUT2D eigenvalue weighted by molar-refractivity contribution is 0.415. The van der Waals surface area contributed by atoms with Crippen LogP contribution >= 0.6 is 11.3 Å². The van der Waals surface area contributed by atoms with Crippen molar-refractivity contribution in [3.63, 3.8) is 0 Å². The molecule has 5 nitrogen and oxygen atoms in total. The second kappa shape index (κ2) is 7.13. The SMILES string of the molecule is COc1ccc(C=Cc2nc3sc(=Cc4ccccc4F)c(=O)n3n2)cc1. The maximum atomic E-state index is 13.8. The summed E-state index contributed by atoms with van der Waals surface area (Å²) in [5, 5.41) is 4.22. The zero-order valence-electron chi connectivity index (χ0n) is 14.3. The molecule has 0 aliphatic rings. The Labute approximate surface area is 157 Å². The molecule has 0 unspecified atom stereocenters. The Morgan fingerprint density at radius 3 is 2.59 bits per heavy atom. The van der Waals surface area contributed by atoms with E-state index in [-0.39, 0.29) is 11.4 Å². The zero-order chi connectivity index (χ0) is 18.8. The molecule has 4 aromatic rings. The van der Waals surface area contributed by atoms with Gasteiger partial charge in [0.15, 0.2) is 5.82 Å². The quantitative estimate of drug-likeness (QED) is 0.547. The predicted molar refractivity (Wildman–Crippen MR) is 104 cm³/mol. The van der Waals surface area contributed by atoms with Crippen molar-refractivity contribution in [3.05, 3.63) is 86.2 Å². The van der Waals surface area contributed by atoms with Gasteiger partial charge in [-0.25, -0.2) is 4.39 Å². The van der Waals surface area contributed by atoms with Crippen LogP contribution in [0, 0.1) is 5.82 Å². The van der Waals surface area contributed by atoms with Crippen molar-refractivity contribution >= 4 is 34.5 Å². The molecular formula is C20H14FN3O2S. The van der Waals surface area contributed by atoms with E-state index in [1.165, 1.54) is 28.0 Å². The van der Waals surface area contributed by atoms with Crippen LogP contribution in [0.2, 0.25) is 0 Å². The number of aromatic nitrogens is 3. The summed E-state index contributed by atoms with van der Waals surface area (Å²) >= 11 is 1.18. The molecule has 0 spiro atoms. The molecule has 2 aromatic heterocycles. The van der Waals surface area contributed by atoms with Gasteiger partial charge in [0.2, 0.25) is 4.96 Å². The summed E-state index contributed by atoms with van der Waals surface area (Å²) in [6.07, 6.45) is 5.11. The fourth-order valence-electron chi connectivity index (χ4n) is 2.54. The topological polar surface area (TPSA) is 56.5 Å². The molecule has 2 aromatic carbocycles. The Morgan fingerprint density at radius 1 is 1.11 bits per heavy atom. The number of hydrogen-bond donors (Lipinski definition) is 0. The highest BCUT2D eigenvalue weighted by Gasteiger charge is 2.09. The standard InChI is InChI=1S/C20H14FN3O2S/c1-26-15-9-6-13(7-10-15)8-11-18-22-20-24(23-18)19(25)17(27-20)12-14-4-2-3-5-16(14)21/h2-12H,1H3. The number of thiazole rings is 1. The Balaban J connectivity index is 1.65. The monoisotopic (exact) mass is 379 g/mol. The normalized spacial score (nSPS) is 12.3. The van der Waals surface area contributed by atoms with E-state index in [9.17, 15) is 9.18 Å². The fourth-order valence-corrected chi connectivity index (χ4v) is 3.44. The molecule has 4 rings (SSSR count). The third kappa shape index (κ3) is 3.50. The fraction of sp³-hybridized carbons (Fsp3) is 0.0500. The van der Waals surface area contributed by atoms with E-state index in [1.807, 2.05) is 30.3 Å². The molecule has 134 valence electrons. The molecule has 0 radical (unpaired) electrons. The van der Waals surface area contributed by atoms with Crippen molar-refractivity contribution in [2.24, 2.45) is 0 Å². The van der Waals surface area contributed by atoms with Crippen LogP contribution in [0.1, 0.15) is 17.0 Å². The van der Waals surface area contributed by atoms with Gasteiger partial charge in [-0.3, -0.25) is 4.79 Å². The molecule has 2 heterocycles. The molecule has 0 fully saturated rings. The first-order chi connectivity index (χ1) is 13.1. The van der Waals surface area contributed by atoms with Crippen LogP contribution < -0.4 is 14.8 Å². The third-order valence-corrected chi connectivity index (χ3v) is 4.89. The second-order valence-electron chi connectivity index (χ2n) is 5.71. The van der Waals surface area contributed by atoms with Gasteiger partial charge in [0.25, 0.3) is 5.56 Å². The van der Waals surface area contributed by atoms with Gasteiger partial charge in [-0.2, -0.15) is 9.50 Å². The number of nitrogens with zero attached hydrogens (tertiary/aromatic N) is 3. The van der Waals surface area contributed by atoms with Gasteiger partial charge in [0.05, 0.1) is 11.6 Å². The highest BCUT2D eigenvalue weighted by molar-refractivity contribution is 7.15. The molecule has 0 amide bonds. The number of ether oxygens (including phenoxy) is 1. The highest BCUT2D eigenvalue weighted by Crippen LogP contribution is 2.14. The van der Waals surface area contributed by atoms with Crippen LogP contribution in [0.15, 0.2) is 53.3 Å². The van der Waals surface area contributed by atoms with Gasteiger partial charge in [-0.05, 0) is 35.9 Å². The number of halogens is 1. The minimum Gasteiger partial charge on any atom is -0.497 e. The van der Waals surface area contributed by atoms with Crippen LogP contribution in [0.3, 0.4) is 0 Å². The maximum Gasteiger partial charge on any atom is 0.291 e. The van der Waals surface area contributed by atoms with E-state index in [1.54, 1.807) is 31.4 Å². The predicted octanol–water partition coefficient (Wildman–Crippen LogP) is 3.02. The molecule has 7 heteroatoms. The summed E-state index contributed by atoms with van der Waals surface area (Å²) in [6, 6.07) is 13.8. The Bertz CT molecular complexity index is 1240. The first kappa shape index (κ1) is 17.1. The molecule has 0 aliphatic heterocycles. The molecule has 0 saturated heterocycles. The van der Waals surface area contributed by atoms with Crippen molar-refractivity contribution in [3.8, 4) is 5.75 Å². The minimum atomic E-state index is -0.376. The summed E-state index contributed by atoms with van der Waals surface area (Å²) in [6.45, 7) is 0. The van der Waals surface area contributed by atoms with Crippen molar-refractivity contribution < 1.29 is 9.13 Å². The number of fused-ring (bicyclic) bond motifs is 1. The van der Waals surface area contributed by atoms with E-state index in [4.69, 9.17) is 4.74 Å². The Morgan fingerprint density at radius 2 is 1.89 bits per heavy atom. The van der Waals surface area contributed by atoms with Crippen LogP contribution in [0.25, 0.3) is 23.2 Å².